The Bertz CT molecular complexity index is 1050. The van der Waals surface area contributed by atoms with Gasteiger partial charge in [0.05, 0.1) is 16.2 Å². The van der Waals surface area contributed by atoms with Gasteiger partial charge in [-0.3, -0.25) is 4.79 Å². The molecule has 0 radical (unpaired) electrons. The Morgan fingerprint density at radius 3 is 2.93 bits per heavy atom. The first-order valence-electron chi connectivity index (χ1n) is 9.44. The van der Waals surface area contributed by atoms with Gasteiger partial charge < -0.3 is 20.9 Å². The fourth-order valence-electron chi connectivity index (χ4n) is 3.64. The van der Waals surface area contributed by atoms with E-state index in [1.165, 1.54) is 5.56 Å². The van der Waals surface area contributed by atoms with Crippen molar-refractivity contribution in [1.29, 1.82) is 0 Å². The fourth-order valence-corrected chi connectivity index (χ4v) is 4.54. The number of hydrogen-bond donors (Lipinski definition) is 4. The second-order valence-corrected chi connectivity index (χ2v) is 8.27. The van der Waals surface area contributed by atoms with Crippen molar-refractivity contribution in [2.24, 2.45) is 0 Å². The Kier molecular flexibility index (Phi) is 5.90. The molecule has 1 unspecified atom stereocenters. The van der Waals surface area contributed by atoms with Gasteiger partial charge in [0.25, 0.3) is 0 Å². The molecule has 4 N–H and O–H groups in total. The molecule has 5 nitrogen and oxygen atoms in total. The number of halogens is 2. The van der Waals surface area contributed by atoms with Crippen LogP contribution in [0.1, 0.15) is 24.4 Å². The first-order chi connectivity index (χ1) is 13.6. The summed E-state index contributed by atoms with van der Waals surface area (Å²) in [6.07, 6.45) is 1.96. The van der Waals surface area contributed by atoms with Gasteiger partial charge >= 0.3 is 0 Å². The van der Waals surface area contributed by atoms with Gasteiger partial charge in [-0.2, -0.15) is 0 Å². The molecule has 2 aromatic carbocycles. The zero-order valence-corrected chi connectivity index (χ0v) is 17.7. The van der Waals surface area contributed by atoms with E-state index < -0.39 is 0 Å². The van der Waals surface area contributed by atoms with Crippen LogP contribution in [0.5, 0.6) is 0 Å². The topological polar surface area (TPSA) is 69.0 Å². The molecule has 0 saturated heterocycles. The van der Waals surface area contributed by atoms with Gasteiger partial charge in [0, 0.05) is 35.1 Å². The molecule has 4 rings (SSSR count). The molecule has 0 saturated carbocycles. The number of para-hydroxylation sites is 1. The lowest BCUT2D eigenvalue weighted by molar-refractivity contribution is 0.498. The highest BCUT2D eigenvalue weighted by atomic mass is 79.9. The van der Waals surface area contributed by atoms with Crippen LogP contribution in [0, 0.1) is 0 Å². The summed E-state index contributed by atoms with van der Waals surface area (Å²) in [6, 6.07) is 13.5. The molecule has 0 aliphatic carbocycles. The predicted octanol–water partition coefficient (Wildman–Crippen LogP) is 4.89. The van der Waals surface area contributed by atoms with Gasteiger partial charge in [0.15, 0.2) is 5.43 Å². The summed E-state index contributed by atoms with van der Waals surface area (Å²) in [7, 11) is 0. The highest BCUT2D eigenvalue weighted by Crippen LogP contribution is 2.37. The number of nitrogens with one attached hydrogen (secondary N) is 4. The number of aromatic amines is 1. The molecule has 0 fully saturated rings. The third kappa shape index (κ3) is 4.19. The van der Waals surface area contributed by atoms with E-state index in [9.17, 15) is 4.79 Å². The molecule has 2 heterocycles. The number of benzene rings is 2. The molecule has 0 spiro atoms. The Labute approximate surface area is 177 Å². The van der Waals surface area contributed by atoms with Crippen LogP contribution in [0.3, 0.4) is 0 Å². The Morgan fingerprint density at radius 1 is 1.18 bits per heavy atom. The van der Waals surface area contributed by atoms with Crippen LogP contribution in [-0.4, -0.2) is 24.6 Å². The van der Waals surface area contributed by atoms with Crippen molar-refractivity contribution in [2.75, 3.05) is 30.3 Å². The van der Waals surface area contributed by atoms with Crippen LogP contribution < -0.4 is 21.4 Å². The van der Waals surface area contributed by atoms with Gasteiger partial charge in [0.2, 0.25) is 0 Å². The van der Waals surface area contributed by atoms with Crippen molar-refractivity contribution >= 4 is 49.9 Å². The van der Waals surface area contributed by atoms with E-state index in [2.05, 4.69) is 42.9 Å². The number of pyridine rings is 1. The summed E-state index contributed by atoms with van der Waals surface area (Å²) in [5, 5.41) is 11.8. The van der Waals surface area contributed by atoms with Gasteiger partial charge in [-0.1, -0.05) is 39.7 Å². The molecule has 0 bridgehead atoms. The lowest BCUT2D eigenvalue weighted by Crippen LogP contribution is -2.30. The molecule has 1 aliphatic rings. The molecule has 7 heteroatoms. The minimum atomic E-state index is 0.0312. The van der Waals surface area contributed by atoms with Crippen molar-refractivity contribution in [3.05, 3.63) is 67.7 Å². The largest absolute Gasteiger partial charge is 0.383 e. The summed E-state index contributed by atoms with van der Waals surface area (Å²) in [5.74, 6) is 0.756. The minimum Gasteiger partial charge on any atom is -0.383 e. The predicted molar refractivity (Wildman–Crippen MR) is 121 cm³/mol. The second-order valence-electron chi connectivity index (χ2n) is 6.95. The smallest absolute Gasteiger partial charge is 0.191 e. The third-order valence-electron chi connectivity index (χ3n) is 4.99. The van der Waals surface area contributed by atoms with Crippen molar-refractivity contribution in [3.63, 3.8) is 0 Å². The van der Waals surface area contributed by atoms with Crippen molar-refractivity contribution < 1.29 is 0 Å². The molecular weight excluding hydrogens is 440 g/mol. The molecule has 146 valence electrons. The molecule has 3 aromatic rings. The van der Waals surface area contributed by atoms with Crippen LogP contribution >= 0.6 is 27.5 Å². The van der Waals surface area contributed by atoms with E-state index in [1.807, 2.05) is 30.3 Å². The fraction of sp³-hybridized carbons (Fsp3) is 0.286. The lowest BCUT2D eigenvalue weighted by Gasteiger charge is -2.28. The van der Waals surface area contributed by atoms with Crippen LogP contribution in [-0.2, 0) is 0 Å². The first kappa shape index (κ1) is 19.3. The maximum absolute atomic E-state index is 12.2. The van der Waals surface area contributed by atoms with Crippen LogP contribution in [0.25, 0.3) is 10.9 Å². The summed E-state index contributed by atoms with van der Waals surface area (Å²) in [5.41, 5.74) is 3.12. The number of hydrogen-bond acceptors (Lipinski definition) is 4. The van der Waals surface area contributed by atoms with Crippen molar-refractivity contribution in [1.82, 2.24) is 10.3 Å². The normalized spacial score (nSPS) is 15.9. The standard InChI is InChI=1S/C21H22BrClN4O/c22-13-10-15-17(6-9-26-21(15)16(23)11-13)24-7-3-8-25-20-12-19(28)14-4-1-2-5-18(14)27-20/h1-2,4-5,10-12,17,24,26H,3,6-9H2,(H2,25,27,28). The summed E-state index contributed by atoms with van der Waals surface area (Å²) >= 11 is 9.89. The first-order valence-corrected chi connectivity index (χ1v) is 10.6. The SMILES string of the molecule is O=c1cc(NCCCNC2CCNc3c(Cl)cc(Br)cc32)[nH]c2ccccc12. The molecule has 28 heavy (non-hydrogen) atoms. The van der Waals surface area contributed by atoms with Gasteiger partial charge in [0.1, 0.15) is 5.82 Å². The molecule has 1 aliphatic heterocycles. The van der Waals surface area contributed by atoms with Crippen molar-refractivity contribution in [3.8, 4) is 0 Å². The number of H-pyrrole nitrogens is 1. The zero-order valence-electron chi connectivity index (χ0n) is 15.3. The van der Waals surface area contributed by atoms with Gasteiger partial charge in [-0.15, -0.1) is 0 Å². The number of anilines is 2. The molecule has 0 amide bonds. The third-order valence-corrected chi connectivity index (χ3v) is 5.75. The maximum Gasteiger partial charge on any atom is 0.191 e. The van der Waals surface area contributed by atoms with E-state index in [0.29, 0.717) is 5.39 Å². The molecule has 1 aromatic heterocycles. The van der Waals surface area contributed by atoms with Gasteiger partial charge in [-0.25, -0.2) is 0 Å². The molecule has 1 atom stereocenters. The average molecular weight is 462 g/mol. The summed E-state index contributed by atoms with van der Waals surface area (Å²) in [4.78, 5) is 15.4. The Morgan fingerprint density at radius 2 is 2.04 bits per heavy atom. The lowest BCUT2D eigenvalue weighted by atomic mass is 9.98. The second kappa shape index (κ2) is 8.55. The monoisotopic (exact) mass is 460 g/mol. The summed E-state index contributed by atoms with van der Waals surface area (Å²) < 4.78 is 0.994. The van der Waals surface area contributed by atoms with Crippen LogP contribution in [0.2, 0.25) is 5.02 Å². The van der Waals surface area contributed by atoms with E-state index in [4.69, 9.17) is 11.6 Å². The van der Waals surface area contributed by atoms with Crippen molar-refractivity contribution in [2.45, 2.75) is 18.9 Å². The van der Waals surface area contributed by atoms with E-state index in [-0.39, 0.29) is 11.5 Å². The van der Waals surface area contributed by atoms with E-state index in [0.717, 1.165) is 59.0 Å². The Hall–Kier alpha value is -2.02. The highest BCUT2D eigenvalue weighted by Gasteiger charge is 2.21. The van der Waals surface area contributed by atoms with Crippen LogP contribution in [0.15, 0.2) is 51.7 Å². The zero-order chi connectivity index (χ0) is 19.5. The number of fused-ring (bicyclic) bond motifs is 2. The van der Waals surface area contributed by atoms with Crippen LogP contribution in [0.4, 0.5) is 11.5 Å². The average Bonchev–Trinajstić information content (AvgIpc) is 2.68. The quantitative estimate of drug-likeness (QED) is 0.394. The van der Waals surface area contributed by atoms with E-state index in [1.54, 1.807) is 6.07 Å². The summed E-state index contributed by atoms with van der Waals surface area (Å²) in [6.45, 7) is 2.56. The maximum atomic E-state index is 12.2. The number of aromatic nitrogens is 1. The van der Waals surface area contributed by atoms with E-state index >= 15 is 0 Å². The highest BCUT2D eigenvalue weighted by molar-refractivity contribution is 9.10. The Balaban J connectivity index is 1.32. The minimum absolute atomic E-state index is 0.0312. The number of rotatable bonds is 6. The molecular formula is C21H22BrClN4O. The van der Waals surface area contributed by atoms with Gasteiger partial charge in [-0.05, 0) is 49.2 Å².